The van der Waals surface area contributed by atoms with Crippen molar-refractivity contribution in [2.75, 3.05) is 46.0 Å². The minimum Gasteiger partial charge on any atom is -0.379 e. The quantitative estimate of drug-likeness (QED) is 0.799. The van der Waals surface area contributed by atoms with Gasteiger partial charge in [-0.05, 0) is 18.4 Å². The van der Waals surface area contributed by atoms with Gasteiger partial charge in [-0.15, -0.1) is 0 Å². The third-order valence-electron chi connectivity index (χ3n) is 4.32. The van der Waals surface area contributed by atoms with Gasteiger partial charge in [-0.25, -0.2) is 0 Å². The number of ether oxygens (including phenoxy) is 2. The van der Waals surface area contributed by atoms with E-state index in [9.17, 15) is 8.42 Å². The Morgan fingerprint density at radius 2 is 1.70 bits per heavy atom. The van der Waals surface area contributed by atoms with Crippen LogP contribution >= 0.6 is 0 Å². The second kappa shape index (κ2) is 7.72. The van der Waals surface area contributed by atoms with Crippen molar-refractivity contribution in [2.24, 2.45) is 0 Å². The molecule has 0 aliphatic carbocycles. The van der Waals surface area contributed by atoms with Crippen LogP contribution in [-0.2, 0) is 26.1 Å². The molecule has 2 aliphatic rings. The maximum absolute atomic E-state index is 12.7. The molecular formula is C16H24N2O4S. The highest BCUT2D eigenvalue weighted by atomic mass is 32.2. The predicted molar refractivity (Wildman–Crippen MR) is 87.4 cm³/mol. The molecule has 128 valence electrons. The molecule has 0 unspecified atom stereocenters. The van der Waals surface area contributed by atoms with E-state index in [4.69, 9.17) is 9.47 Å². The van der Waals surface area contributed by atoms with Crippen molar-refractivity contribution in [1.29, 1.82) is 0 Å². The van der Waals surface area contributed by atoms with Crippen molar-refractivity contribution in [1.82, 2.24) is 8.61 Å². The van der Waals surface area contributed by atoms with Gasteiger partial charge in [0.25, 0.3) is 10.2 Å². The number of hydrogen-bond donors (Lipinski definition) is 0. The van der Waals surface area contributed by atoms with Gasteiger partial charge in [0.15, 0.2) is 0 Å². The van der Waals surface area contributed by atoms with E-state index in [-0.39, 0.29) is 6.10 Å². The summed E-state index contributed by atoms with van der Waals surface area (Å²) in [5.74, 6) is 0. The molecule has 23 heavy (non-hydrogen) atoms. The van der Waals surface area contributed by atoms with Crippen LogP contribution in [0.1, 0.15) is 12.0 Å². The molecule has 2 fully saturated rings. The molecule has 2 heterocycles. The standard InChI is InChI=1S/C16H24N2O4S/c19-23(20,17-8-11-21-12-9-17)18-10-13-22-16(14-18)7-6-15-4-2-1-3-5-15/h1-5,16H,6-14H2/t16-/m1/s1. The monoisotopic (exact) mass is 340 g/mol. The molecule has 0 bridgehead atoms. The fourth-order valence-corrected chi connectivity index (χ4v) is 4.59. The first-order valence-electron chi connectivity index (χ1n) is 8.15. The Hall–Kier alpha value is -0.990. The SMILES string of the molecule is O=S(=O)(N1CCOCC1)N1CCO[C@H](CCc2ccccc2)C1. The summed E-state index contributed by atoms with van der Waals surface area (Å²) in [6, 6.07) is 10.2. The van der Waals surface area contributed by atoms with Crippen molar-refractivity contribution in [2.45, 2.75) is 18.9 Å². The first kappa shape index (κ1) is 16.9. The number of nitrogens with zero attached hydrogens (tertiary/aromatic N) is 2. The zero-order chi connectivity index (χ0) is 16.1. The summed E-state index contributed by atoms with van der Waals surface area (Å²) < 4.78 is 39.5. The zero-order valence-corrected chi connectivity index (χ0v) is 14.1. The number of morpholine rings is 2. The van der Waals surface area contributed by atoms with Crippen molar-refractivity contribution < 1.29 is 17.9 Å². The first-order valence-corrected chi connectivity index (χ1v) is 9.54. The Bertz CT molecular complexity index is 587. The van der Waals surface area contributed by atoms with Crippen LogP contribution in [0.3, 0.4) is 0 Å². The van der Waals surface area contributed by atoms with Gasteiger partial charge in [-0.3, -0.25) is 0 Å². The molecule has 0 saturated carbocycles. The van der Waals surface area contributed by atoms with Crippen molar-refractivity contribution in [3.05, 3.63) is 35.9 Å². The molecule has 1 atom stereocenters. The molecular weight excluding hydrogens is 316 g/mol. The molecule has 0 N–H and O–H groups in total. The van der Waals surface area contributed by atoms with Crippen LogP contribution in [0.5, 0.6) is 0 Å². The van der Waals surface area contributed by atoms with Gasteiger partial charge in [0, 0.05) is 26.2 Å². The van der Waals surface area contributed by atoms with Crippen molar-refractivity contribution in [3.63, 3.8) is 0 Å². The third-order valence-corrected chi connectivity index (χ3v) is 6.32. The second-order valence-corrected chi connectivity index (χ2v) is 7.82. The maximum Gasteiger partial charge on any atom is 0.282 e. The lowest BCUT2D eigenvalue weighted by Gasteiger charge is -2.36. The number of aryl methyl sites for hydroxylation is 1. The molecule has 2 saturated heterocycles. The van der Waals surface area contributed by atoms with Gasteiger partial charge in [-0.1, -0.05) is 30.3 Å². The molecule has 0 amide bonds. The van der Waals surface area contributed by atoms with E-state index >= 15 is 0 Å². The van der Waals surface area contributed by atoms with Crippen LogP contribution in [0, 0.1) is 0 Å². The van der Waals surface area contributed by atoms with E-state index in [2.05, 4.69) is 12.1 Å². The molecule has 7 heteroatoms. The Kier molecular flexibility index (Phi) is 5.66. The van der Waals surface area contributed by atoms with Gasteiger partial charge < -0.3 is 9.47 Å². The Morgan fingerprint density at radius 1 is 1.00 bits per heavy atom. The van der Waals surface area contributed by atoms with Crippen LogP contribution < -0.4 is 0 Å². The average Bonchev–Trinajstić information content (AvgIpc) is 2.62. The molecule has 0 aromatic heterocycles. The maximum atomic E-state index is 12.7. The van der Waals surface area contributed by atoms with Gasteiger partial charge in [0.05, 0.1) is 25.9 Å². The van der Waals surface area contributed by atoms with Crippen molar-refractivity contribution in [3.8, 4) is 0 Å². The highest BCUT2D eigenvalue weighted by Gasteiger charge is 2.34. The average molecular weight is 340 g/mol. The van der Waals surface area contributed by atoms with E-state index in [1.165, 1.54) is 9.87 Å². The number of benzene rings is 1. The highest BCUT2D eigenvalue weighted by molar-refractivity contribution is 7.86. The summed E-state index contributed by atoms with van der Waals surface area (Å²) in [4.78, 5) is 0. The van der Waals surface area contributed by atoms with E-state index < -0.39 is 10.2 Å². The van der Waals surface area contributed by atoms with Gasteiger partial charge in [0.2, 0.25) is 0 Å². The summed E-state index contributed by atoms with van der Waals surface area (Å²) in [6.07, 6.45) is 1.69. The molecule has 6 nitrogen and oxygen atoms in total. The molecule has 3 rings (SSSR count). The minimum atomic E-state index is -3.39. The van der Waals surface area contributed by atoms with Gasteiger partial charge >= 0.3 is 0 Å². The number of hydrogen-bond acceptors (Lipinski definition) is 4. The lowest BCUT2D eigenvalue weighted by Crippen LogP contribution is -2.53. The zero-order valence-electron chi connectivity index (χ0n) is 13.3. The van der Waals surface area contributed by atoms with Crippen molar-refractivity contribution >= 4 is 10.2 Å². The van der Waals surface area contributed by atoms with Crippen LogP contribution in [-0.4, -0.2) is 69.1 Å². The fraction of sp³-hybridized carbons (Fsp3) is 0.625. The molecule has 0 spiro atoms. The van der Waals surface area contributed by atoms with Crippen LogP contribution in [0.2, 0.25) is 0 Å². The fourth-order valence-electron chi connectivity index (χ4n) is 2.99. The van der Waals surface area contributed by atoms with E-state index in [1.54, 1.807) is 4.31 Å². The smallest absolute Gasteiger partial charge is 0.282 e. The first-order chi connectivity index (χ1) is 11.2. The Balaban J connectivity index is 1.57. The summed E-state index contributed by atoms with van der Waals surface area (Å²) >= 11 is 0. The lowest BCUT2D eigenvalue weighted by atomic mass is 10.1. The Labute approximate surface area is 138 Å². The molecule has 1 aromatic rings. The number of rotatable bonds is 5. The van der Waals surface area contributed by atoms with Crippen LogP contribution in [0.15, 0.2) is 30.3 Å². The van der Waals surface area contributed by atoms with E-state index in [0.29, 0.717) is 46.0 Å². The molecule has 2 aliphatic heterocycles. The normalized spacial score (nSPS) is 24.6. The van der Waals surface area contributed by atoms with Crippen LogP contribution in [0.4, 0.5) is 0 Å². The van der Waals surface area contributed by atoms with E-state index in [1.807, 2.05) is 18.2 Å². The molecule has 0 radical (unpaired) electrons. The lowest BCUT2D eigenvalue weighted by molar-refractivity contribution is -0.00866. The van der Waals surface area contributed by atoms with Crippen LogP contribution in [0.25, 0.3) is 0 Å². The Morgan fingerprint density at radius 3 is 2.43 bits per heavy atom. The largest absolute Gasteiger partial charge is 0.379 e. The summed E-state index contributed by atoms with van der Waals surface area (Å²) in [5.41, 5.74) is 1.25. The van der Waals surface area contributed by atoms with Gasteiger partial charge in [0.1, 0.15) is 0 Å². The van der Waals surface area contributed by atoms with E-state index in [0.717, 1.165) is 12.8 Å². The minimum absolute atomic E-state index is 0.0419. The third kappa shape index (κ3) is 4.30. The summed E-state index contributed by atoms with van der Waals surface area (Å²) in [5, 5.41) is 0. The summed E-state index contributed by atoms with van der Waals surface area (Å²) in [7, 11) is -3.39. The molecule has 1 aromatic carbocycles. The topological polar surface area (TPSA) is 59.1 Å². The highest BCUT2D eigenvalue weighted by Crippen LogP contribution is 2.18. The van der Waals surface area contributed by atoms with Gasteiger partial charge in [-0.2, -0.15) is 17.0 Å². The summed E-state index contributed by atoms with van der Waals surface area (Å²) in [6.45, 7) is 3.15. The predicted octanol–water partition coefficient (Wildman–Crippen LogP) is 0.897. The second-order valence-electron chi connectivity index (χ2n) is 5.89.